The van der Waals surface area contributed by atoms with Crippen molar-refractivity contribution in [2.45, 2.75) is 17.9 Å². The fourth-order valence-corrected chi connectivity index (χ4v) is 2.60. The Labute approximate surface area is 118 Å². The molecule has 4 heteroatoms. The third-order valence-electron chi connectivity index (χ3n) is 2.65. The Morgan fingerprint density at radius 3 is 2.79 bits per heavy atom. The minimum atomic E-state index is -0.0434. The molecule has 1 heterocycles. The van der Waals surface area contributed by atoms with Gasteiger partial charge in [-0.2, -0.15) is 0 Å². The van der Waals surface area contributed by atoms with Crippen LogP contribution in [0.5, 0.6) is 5.75 Å². The fourth-order valence-electron chi connectivity index (χ4n) is 1.68. The van der Waals surface area contributed by atoms with E-state index in [9.17, 15) is 0 Å². The van der Waals surface area contributed by atoms with Gasteiger partial charge in [-0.05, 0) is 30.7 Å². The second-order valence-corrected chi connectivity index (χ2v) is 5.21. The number of hydrogen-bond donors (Lipinski definition) is 1. The molecular formula is C15H18N2OS. The van der Waals surface area contributed by atoms with Crippen molar-refractivity contribution in [2.75, 3.05) is 12.4 Å². The molecule has 100 valence electrons. The van der Waals surface area contributed by atoms with E-state index in [0.29, 0.717) is 6.61 Å². The van der Waals surface area contributed by atoms with E-state index in [0.717, 1.165) is 17.1 Å². The highest BCUT2D eigenvalue weighted by atomic mass is 32.2. The zero-order chi connectivity index (χ0) is 13.5. The number of nitrogens with zero attached hydrogens (tertiary/aromatic N) is 1. The Morgan fingerprint density at radius 1 is 1.26 bits per heavy atom. The lowest BCUT2D eigenvalue weighted by atomic mass is 10.1. The molecule has 0 saturated carbocycles. The smallest absolute Gasteiger partial charge is 0.137 e. The van der Waals surface area contributed by atoms with Crippen LogP contribution in [-0.2, 0) is 0 Å². The maximum absolute atomic E-state index is 6.19. The van der Waals surface area contributed by atoms with Gasteiger partial charge in [-0.25, -0.2) is 0 Å². The van der Waals surface area contributed by atoms with Gasteiger partial charge < -0.3 is 10.5 Å². The molecule has 2 rings (SSSR count). The molecule has 0 bridgehead atoms. The predicted molar refractivity (Wildman–Crippen MR) is 79.5 cm³/mol. The molecule has 0 spiro atoms. The highest BCUT2D eigenvalue weighted by Crippen LogP contribution is 2.24. The number of thioether (sulfide) groups is 1. The first-order valence-electron chi connectivity index (χ1n) is 6.30. The molecule has 0 saturated heterocycles. The summed E-state index contributed by atoms with van der Waals surface area (Å²) in [6, 6.07) is 12.2. The number of hydrogen-bond acceptors (Lipinski definition) is 4. The first-order chi connectivity index (χ1) is 9.29. The van der Waals surface area contributed by atoms with Crippen LogP contribution < -0.4 is 10.5 Å². The Morgan fingerprint density at radius 2 is 2.05 bits per heavy atom. The first kappa shape index (κ1) is 13.9. The van der Waals surface area contributed by atoms with Crippen molar-refractivity contribution in [3.63, 3.8) is 0 Å². The quantitative estimate of drug-likeness (QED) is 0.821. The Balaban J connectivity index is 1.95. The highest BCUT2D eigenvalue weighted by Gasteiger charge is 2.08. The summed E-state index contributed by atoms with van der Waals surface area (Å²) in [7, 11) is 0. The number of pyridine rings is 1. The largest absolute Gasteiger partial charge is 0.492 e. The van der Waals surface area contributed by atoms with Gasteiger partial charge in [-0.3, -0.25) is 4.98 Å². The lowest BCUT2D eigenvalue weighted by Gasteiger charge is -2.12. The van der Waals surface area contributed by atoms with Gasteiger partial charge in [-0.15, -0.1) is 11.8 Å². The average molecular weight is 274 g/mol. The number of rotatable bonds is 6. The minimum Gasteiger partial charge on any atom is -0.492 e. The maximum Gasteiger partial charge on any atom is 0.137 e. The van der Waals surface area contributed by atoms with Crippen molar-refractivity contribution in [3.8, 4) is 5.75 Å². The summed E-state index contributed by atoms with van der Waals surface area (Å²) in [5, 5.41) is 0. The molecule has 1 atom stereocenters. The van der Waals surface area contributed by atoms with Crippen LogP contribution in [0.1, 0.15) is 18.5 Å². The van der Waals surface area contributed by atoms with Crippen LogP contribution in [0.3, 0.4) is 0 Å². The molecule has 1 aromatic heterocycles. The van der Waals surface area contributed by atoms with Gasteiger partial charge in [0.25, 0.3) is 0 Å². The molecular weight excluding hydrogens is 256 g/mol. The van der Waals surface area contributed by atoms with Gasteiger partial charge in [0.15, 0.2) is 0 Å². The van der Waals surface area contributed by atoms with Gasteiger partial charge in [-0.1, -0.05) is 18.2 Å². The summed E-state index contributed by atoms with van der Waals surface area (Å²) in [6.45, 7) is 2.59. The van der Waals surface area contributed by atoms with Crippen LogP contribution in [0.25, 0.3) is 0 Å². The van der Waals surface area contributed by atoms with Crippen molar-refractivity contribution < 1.29 is 4.74 Å². The molecule has 2 N–H and O–H groups in total. The van der Waals surface area contributed by atoms with E-state index in [1.54, 1.807) is 24.2 Å². The second kappa shape index (κ2) is 7.16. The standard InChI is InChI=1S/C15H18N2OS/c1-2-18-13-8-12(9-17-10-13)15(16)11-19-14-6-4-3-5-7-14/h3-10,15H,2,11,16H2,1H3. The molecule has 0 aliphatic heterocycles. The highest BCUT2D eigenvalue weighted by molar-refractivity contribution is 7.99. The molecule has 2 aromatic rings. The van der Waals surface area contributed by atoms with Gasteiger partial charge in [0.2, 0.25) is 0 Å². The zero-order valence-electron chi connectivity index (χ0n) is 11.0. The van der Waals surface area contributed by atoms with E-state index in [4.69, 9.17) is 10.5 Å². The minimum absolute atomic E-state index is 0.0434. The van der Waals surface area contributed by atoms with E-state index in [1.807, 2.05) is 31.2 Å². The van der Waals surface area contributed by atoms with Crippen LogP contribution >= 0.6 is 11.8 Å². The number of ether oxygens (including phenoxy) is 1. The number of aromatic nitrogens is 1. The van der Waals surface area contributed by atoms with Gasteiger partial charge >= 0.3 is 0 Å². The molecule has 3 nitrogen and oxygen atoms in total. The Hall–Kier alpha value is -1.52. The third kappa shape index (κ3) is 4.26. The molecule has 0 fully saturated rings. The maximum atomic E-state index is 6.19. The van der Waals surface area contributed by atoms with E-state index >= 15 is 0 Å². The second-order valence-electron chi connectivity index (χ2n) is 4.12. The van der Waals surface area contributed by atoms with Crippen LogP contribution in [0.2, 0.25) is 0 Å². The van der Waals surface area contributed by atoms with Crippen molar-refractivity contribution >= 4 is 11.8 Å². The van der Waals surface area contributed by atoms with E-state index < -0.39 is 0 Å². The summed E-state index contributed by atoms with van der Waals surface area (Å²) in [5.74, 6) is 1.60. The van der Waals surface area contributed by atoms with Crippen molar-refractivity contribution in [2.24, 2.45) is 5.73 Å². The monoisotopic (exact) mass is 274 g/mol. The molecule has 1 unspecified atom stereocenters. The van der Waals surface area contributed by atoms with Crippen LogP contribution in [0, 0.1) is 0 Å². The van der Waals surface area contributed by atoms with Crippen molar-refractivity contribution in [1.29, 1.82) is 0 Å². The van der Waals surface area contributed by atoms with E-state index in [-0.39, 0.29) is 6.04 Å². The average Bonchev–Trinajstić information content (AvgIpc) is 2.46. The van der Waals surface area contributed by atoms with E-state index in [1.165, 1.54) is 4.90 Å². The van der Waals surface area contributed by atoms with Gasteiger partial charge in [0.1, 0.15) is 5.75 Å². The lowest BCUT2D eigenvalue weighted by molar-refractivity contribution is 0.338. The van der Waals surface area contributed by atoms with Crippen molar-refractivity contribution in [1.82, 2.24) is 4.98 Å². The SMILES string of the molecule is CCOc1cncc(C(N)CSc2ccccc2)c1. The number of nitrogens with two attached hydrogens (primary N) is 1. The Kier molecular flexibility index (Phi) is 5.24. The number of benzene rings is 1. The van der Waals surface area contributed by atoms with Crippen LogP contribution in [-0.4, -0.2) is 17.3 Å². The normalized spacial score (nSPS) is 12.1. The molecule has 0 radical (unpaired) electrons. The molecule has 1 aromatic carbocycles. The molecule has 19 heavy (non-hydrogen) atoms. The lowest BCUT2D eigenvalue weighted by Crippen LogP contribution is -2.13. The summed E-state index contributed by atoms with van der Waals surface area (Å²) in [5.41, 5.74) is 7.20. The molecule has 0 aliphatic carbocycles. The fraction of sp³-hybridized carbons (Fsp3) is 0.267. The molecule has 0 amide bonds. The predicted octanol–water partition coefficient (Wildman–Crippen LogP) is 3.27. The first-order valence-corrected chi connectivity index (χ1v) is 7.29. The van der Waals surface area contributed by atoms with Gasteiger partial charge in [0, 0.05) is 22.9 Å². The summed E-state index contributed by atoms with van der Waals surface area (Å²) in [4.78, 5) is 5.39. The summed E-state index contributed by atoms with van der Waals surface area (Å²) < 4.78 is 5.43. The van der Waals surface area contributed by atoms with E-state index in [2.05, 4.69) is 17.1 Å². The third-order valence-corrected chi connectivity index (χ3v) is 3.78. The zero-order valence-corrected chi connectivity index (χ0v) is 11.8. The summed E-state index contributed by atoms with van der Waals surface area (Å²) in [6.07, 6.45) is 3.52. The topological polar surface area (TPSA) is 48.1 Å². The molecule has 0 aliphatic rings. The van der Waals surface area contributed by atoms with Crippen LogP contribution in [0.15, 0.2) is 53.7 Å². The summed E-state index contributed by atoms with van der Waals surface area (Å²) >= 11 is 1.75. The Bertz CT molecular complexity index is 505. The van der Waals surface area contributed by atoms with Gasteiger partial charge in [0.05, 0.1) is 12.8 Å². The van der Waals surface area contributed by atoms with Crippen LogP contribution in [0.4, 0.5) is 0 Å². The van der Waals surface area contributed by atoms with Crippen molar-refractivity contribution in [3.05, 3.63) is 54.4 Å².